The van der Waals surface area contributed by atoms with E-state index in [4.69, 9.17) is 27.4 Å². The lowest BCUT2D eigenvalue weighted by Gasteiger charge is -2.00. The van der Waals surface area contributed by atoms with Crippen LogP contribution in [0.1, 0.15) is 22.8 Å². The van der Waals surface area contributed by atoms with E-state index >= 15 is 0 Å². The summed E-state index contributed by atoms with van der Waals surface area (Å²) in [5, 5.41) is 6.81. The van der Waals surface area contributed by atoms with Gasteiger partial charge in [-0.2, -0.15) is 0 Å². The van der Waals surface area contributed by atoms with Gasteiger partial charge < -0.3 is 4.74 Å². The molecule has 0 aliphatic heterocycles. The summed E-state index contributed by atoms with van der Waals surface area (Å²) in [7, 11) is 1.61. The molecule has 130 valence electrons. The van der Waals surface area contributed by atoms with Crippen molar-refractivity contribution in [3.8, 4) is 0 Å². The van der Waals surface area contributed by atoms with Gasteiger partial charge in [-0.15, -0.1) is 11.6 Å². The fourth-order valence-electron chi connectivity index (χ4n) is 1.75. The molecule has 0 saturated carbocycles. The predicted molar refractivity (Wildman–Crippen MR) is 94.4 cm³/mol. The summed E-state index contributed by atoms with van der Waals surface area (Å²) in [5.74, 6) is 0.379. The van der Waals surface area contributed by atoms with Crippen LogP contribution in [0.2, 0.25) is 0 Å². The van der Waals surface area contributed by atoms with Crippen molar-refractivity contribution in [2.24, 2.45) is 10.2 Å². The van der Waals surface area contributed by atoms with Crippen LogP contribution in [0.3, 0.4) is 0 Å². The van der Waals surface area contributed by atoms with E-state index in [-0.39, 0.29) is 13.1 Å². The molecular formula is C15H17ClN8O. The zero-order chi connectivity index (χ0) is 18.3. The Labute approximate surface area is 149 Å². The number of halogens is 1. The summed E-state index contributed by atoms with van der Waals surface area (Å²) < 4.78 is 4.92. The van der Waals surface area contributed by atoms with Crippen molar-refractivity contribution in [1.29, 1.82) is 0 Å². The van der Waals surface area contributed by atoms with Crippen LogP contribution in [-0.2, 0) is 30.3 Å². The van der Waals surface area contributed by atoms with E-state index in [0.717, 1.165) is 22.8 Å². The first-order chi connectivity index (χ1) is 12.2. The highest BCUT2D eigenvalue weighted by molar-refractivity contribution is 6.16. The molecule has 0 bridgehead atoms. The minimum Gasteiger partial charge on any atom is -0.378 e. The van der Waals surface area contributed by atoms with E-state index in [2.05, 4.69) is 30.0 Å². The summed E-state index contributed by atoms with van der Waals surface area (Å²) in [5.41, 5.74) is 19.3. The van der Waals surface area contributed by atoms with E-state index < -0.39 is 0 Å². The standard InChI is InChI=1S/C8H10N4O.C7H7ClN4/c1-13-6-8-4-2-3-7(11-8)5-10-12-9;8-4-6-2-1-3-7(11-6)5-10-12-9/h2-4H,5-6H2,1H3;1-3H,4-5H2. The van der Waals surface area contributed by atoms with E-state index in [9.17, 15) is 0 Å². The first-order valence-electron chi connectivity index (χ1n) is 7.19. The molecule has 2 aromatic heterocycles. The van der Waals surface area contributed by atoms with Crippen LogP contribution >= 0.6 is 11.6 Å². The third-order valence-corrected chi connectivity index (χ3v) is 3.02. The second-order valence-electron chi connectivity index (χ2n) is 4.59. The maximum absolute atomic E-state index is 8.11. The predicted octanol–water partition coefficient (Wildman–Crippen LogP) is 4.67. The van der Waals surface area contributed by atoms with Gasteiger partial charge in [0, 0.05) is 28.3 Å². The maximum atomic E-state index is 8.11. The number of pyridine rings is 2. The number of ether oxygens (including phenoxy) is 1. The van der Waals surface area contributed by atoms with Crippen molar-refractivity contribution in [3.05, 3.63) is 80.1 Å². The molecule has 2 heterocycles. The minimum absolute atomic E-state index is 0.279. The van der Waals surface area contributed by atoms with Gasteiger partial charge in [-0.25, -0.2) is 0 Å². The van der Waals surface area contributed by atoms with Gasteiger partial charge in [0.2, 0.25) is 0 Å². The first kappa shape index (κ1) is 20.2. The van der Waals surface area contributed by atoms with Gasteiger partial charge in [-0.3, -0.25) is 9.97 Å². The molecule has 0 aliphatic rings. The normalized spacial score (nSPS) is 9.20. The first-order valence-corrected chi connectivity index (χ1v) is 7.73. The molecule has 0 saturated heterocycles. The Morgan fingerprint density at radius 1 is 0.920 bits per heavy atom. The van der Waals surface area contributed by atoms with Gasteiger partial charge >= 0.3 is 0 Å². The average Bonchev–Trinajstić information content (AvgIpc) is 2.66. The number of methoxy groups -OCH3 is 1. The zero-order valence-corrected chi connectivity index (χ0v) is 14.4. The van der Waals surface area contributed by atoms with Gasteiger partial charge in [0.15, 0.2) is 0 Å². The van der Waals surface area contributed by atoms with Crippen LogP contribution in [0.4, 0.5) is 0 Å². The SMILES string of the molecule is COCc1cccc(CN=[N+]=[N-])n1.[N-]=[N+]=NCc1cccc(CCl)n1. The summed E-state index contributed by atoms with van der Waals surface area (Å²) in [4.78, 5) is 13.6. The lowest BCUT2D eigenvalue weighted by molar-refractivity contribution is 0.181. The maximum Gasteiger partial charge on any atom is 0.0884 e. The second kappa shape index (κ2) is 12.6. The molecule has 25 heavy (non-hydrogen) atoms. The van der Waals surface area contributed by atoms with Gasteiger partial charge in [-0.1, -0.05) is 22.4 Å². The highest BCUT2D eigenvalue weighted by atomic mass is 35.5. The van der Waals surface area contributed by atoms with Crippen LogP contribution < -0.4 is 0 Å². The number of hydrogen-bond donors (Lipinski definition) is 0. The Kier molecular flexibility index (Phi) is 10.2. The summed E-state index contributed by atoms with van der Waals surface area (Å²) in [6.45, 7) is 1.04. The molecule has 9 nitrogen and oxygen atoms in total. The third-order valence-electron chi connectivity index (χ3n) is 2.75. The van der Waals surface area contributed by atoms with Crippen molar-refractivity contribution in [2.45, 2.75) is 25.6 Å². The van der Waals surface area contributed by atoms with E-state index in [1.54, 1.807) is 13.2 Å². The molecule has 0 aliphatic carbocycles. The highest BCUT2D eigenvalue weighted by Crippen LogP contribution is 2.03. The smallest absolute Gasteiger partial charge is 0.0884 e. The second-order valence-corrected chi connectivity index (χ2v) is 4.85. The quantitative estimate of drug-likeness (QED) is 0.307. The van der Waals surface area contributed by atoms with Crippen LogP contribution in [0, 0.1) is 0 Å². The minimum atomic E-state index is 0.279. The molecule has 0 unspecified atom stereocenters. The van der Waals surface area contributed by atoms with Gasteiger partial charge in [0.25, 0.3) is 0 Å². The lowest BCUT2D eigenvalue weighted by atomic mass is 10.3. The molecule has 0 spiro atoms. The van der Waals surface area contributed by atoms with Crippen molar-refractivity contribution in [3.63, 3.8) is 0 Å². The van der Waals surface area contributed by atoms with Crippen molar-refractivity contribution in [1.82, 2.24) is 9.97 Å². The van der Waals surface area contributed by atoms with Crippen LogP contribution in [0.25, 0.3) is 20.9 Å². The van der Waals surface area contributed by atoms with Crippen molar-refractivity contribution >= 4 is 11.6 Å². The van der Waals surface area contributed by atoms with E-state index in [1.807, 2.05) is 30.3 Å². The number of aromatic nitrogens is 2. The average molecular weight is 361 g/mol. The number of rotatable bonds is 7. The van der Waals surface area contributed by atoms with E-state index in [0.29, 0.717) is 12.5 Å². The molecule has 0 atom stereocenters. The Balaban J connectivity index is 0.000000251. The molecule has 2 rings (SSSR count). The number of azide groups is 2. The van der Waals surface area contributed by atoms with Crippen LogP contribution in [0.5, 0.6) is 0 Å². The lowest BCUT2D eigenvalue weighted by Crippen LogP contribution is -1.95. The van der Waals surface area contributed by atoms with Gasteiger partial charge in [0.05, 0.1) is 37.0 Å². The molecule has 10 heteroatoms. The molecule has 2 aromatic rings. The Bertz CT molecular complexity index is 757. The highest BCUT2D eigenvalue weighted by Gasteiger charge is 1.95. The summed E-state index contributed by atoms with van der Waals surface area (Å²) in [6, 6.07) is 11.0. The Morgan fingerprint density at radius 2 is 1.40 bits per heavy atom. The monoisotopic (exact) mass is 360 g/mol. The molecular weight excluding hydrogens is 344 g/mol. The zero-order valence-electron chi connectivity index (χ0n) is 13.7. The molecule has 0 amide bonds. The Morgan fingerprint density at radius 3 is 1.88 bits per heavy atom. The molecule has 0 fully saturated rings. The van der Waals surface area contributed by atoms with E-state index in [1.165, 1.54) is 0 Å². The van der Waals surface area contributed by atoms with Crippen LogP contribution in [-0.4, -0.2) is 17.1 Å². The number of alkyl halides is 1. The molecule has 0 N–H and O–H groups in total. The van der Waals surface area contributed by atoms with Gasteiger partial charge in [-0.05, 0) is 35.3 Å². The molecule has 0 aromatic carbocycles. The fraction of sp³-hybridized carbons (Fsp3) is 0.333. The number of nitrogens with zero attached hydrogens (tertiary/aromatic N) is 8. The third kappa shape index (κ3) is 8.55. The van der Waals surface area contributed by atoms with Gasteiger partial charge in [0.1, 0.15) is 0 Å². The molecule has 0 radical (unpaired) electrons. The van der Waals surface area contributed by atoms with Crippen molar-refractivity contribution < 1.29 is 4.74 Å². The van der Waals surface area contributed by atoms with Crippen LogP contribution in [0.15, 0.2) is 46.6 Å². The topological polar surface area (TPSA) is 133 Å². The fourth-order valence-corrected chi connectivity index (χ4v) is 1.89. The summed E-state index contributed by atoms with van der Waals surface area (Å²) in [6.07, 6.45) is 0. The van der Waals surface area contributed by atoms with Crippen molar-refractivity contribution in [2.75, 3.05) is 7.11 Å². The number of hydrogen-bond acceptors (Lipinski definition) is 5. The Hall–Kier alpha value is -2.83. The largest absolute Gasteiger partial charge is 0.378 e. The summed E-state index contributed by atoms with van der Waals surface area (Å²) >= 11 is 5.57.